The lowest BCUT2D eigenvalue weighted by atomic mass is 9.48. The van der Waals surface area contributed by atoms with Gasteiger partial charge in [0.15, 0.2) is 10.8 Å². The molecule has 7 heteroatoms. The molecule has 0 amide bonds. The third-order valence-corrected chi connectivity index (χ3v) is 7.03. The quantitative estimate of drug-likeness (QED) is 0.803. The average Bonchev–Trinajstić information content (AvgIpc) is 3.08. The van der Waals surface area contributed by atoms with E-state index in [1.54, 1.807) is 0 Å². The van der Waals surface area contributed by atoms with E-state index in [2.05, 4.69) is 18.2 Å². The summed E-state index contributed by atoms with van der Waals surface area (Å²) in [6, 6.07) is 14.2. The number of nitrogens with one attached hydrogen (secondary N) is 1. The monoisotopic (exact) mass is 385 g/mol. The van der Waals surface area contributed by atoms with Gasteiger partial charge >= 0.3 is 0 Å². The molecule has 4 aliphatic rings. The maximum atomic E-state index is 10.4. The average molecular weight is 385 g/mol. The van der Waals surface area contributed by atoms with Crippen LogP contribution in [0.2, 0.25) is 0 Å². The van der Waals surface area contributed by atoms with E-state index < -0.39 is 28.6 Å². The third-order valence-electron chi connectivity index (χ3n) is 7.03. The van der Waals surface area contributed by atoms with Gasteiger partial charge in [0, 0.05) is 36.1 Å². The van der Waals surface area contributed by atoms with Crippen molar-refractivity contribution in [2.24, 2.45) is 23.8 Å². The highest BCUT2D eigenvalue weighted by atomic mass is 16.7. The number of rotatable bonds is 1. The molecule has 4 atom stereocenters. The zero-order valence-corrected chi connectivity index (χ0v) is 16.0. The summed E-state index contributed by atoms with van der Waals surface area (Å²) in [5, 5.41) is 40.4. The standard InChI is InChI=1S/C22H19N5O2/c1-27-10-15(14-6-2-3-7-16(14)27)18-21(13-25)19(26)29-22(28-18)9-5-4-8-17(22)20(21,11-23)12-24/h2-3,6-7,10,17-18,26H,4-5,8-9H2,1H3/t17-,18-,21-,22+/m1/s1. The van der Waals surface area contributed by atoms with Crippen molar-refractivity contribution in [2.45, 2.75) is 37.6 Å². The number of para-hydroxylation sites is 1. The normalized spacial score (nSPS) is 34.5. The number of hydrogen-bond donors (Lipinski definition) is 1. The number of nitrogens with zero attached hydrogens (tertiary/aromatic N) is 4. The molecule has 3 aliphatic heterocycles. The second-order valence-corrected chi connectivity index (χ2v) is 8.20. The number of aromatic nitrogens is 1. The van der Waals surface area contributed by atoms with Gasteiger partial charge in [-0.3, -0.25) is 5.41 Å². The molecule has 6 rings (SSSR count). The van der Waals surface area contributed by atoms with Crippen molar-refractivity contribution >= 4 is 16.8 Å². The van der Waals surface area contributed by atoms with E-state index in [4.69, 9.17) is 14.9 Å². The predicted molar refractivity (Wildman–Crippen MR) is 102 cm³/mol. The van der Waals surface area contributed by atoms with Crippen LogP contribution in [0.4, 0.5) is 0 Å². The van der Waals surface area contributed by atoms with E-state index in [9.17, 15) is 15.8 Å². The largest absolute Gasteiger partial charge is 0.447 e. The van der Waals surface area contributed by atoms with Crippen molar-refractivity contribution in [3.63, 3.8) is 0 Å². The first-order valence-electron chi connectivity index (χ1n) is 9.73. The lowest BCUT2D eigenvalue weighted by Gasteiger charge is -2.63. The highest BCUT2D eigenvalue weighted by Gasteiger charge is 2.80. The molecule has 4 fully saturated rings. The van der Waals surface area contributed by atoms with Crippen molar-refractivity contribution in [2.75, 3.05) is 0 Å². The molecule has 1 spiro atoms. The van der Waals surface area contributed by atoms with Gasteiger partial charge in [-0.05, 0) is 18.9 Å². The lowest BCUT2D eigenvalue weighted by Crippen LogP contribution is -2.73. The summed E-state index contributed by atoms with van der Waals surface area (Å²) in [5.41, 5.74) is -1.89. The number of benzene rings is 1. The van der Waals surface area contributed by atoms with Crippen LogP contribution in [0.3, 0.4) is 0 Å². The molecule has 1 aliphatic carbocycles. The van der Waals surface area contributed by atoms with Crippen molar-refractivity contribution in [3.8, 4) is 18.2 Å². The molecule has 29 heavy (non-hydrogen) atoms. The fraction of sp³-hybridized carbons (Fsp3) is 0.455. The van der Waals surface area contributed by atoms with E-state index in [-0.39, 0.29) is 5.90 Å². The van der Waals surface area contributed by atoms with Crippen LogP contribution in [0.25, 0.3) is 10.9 Å². The van der Waals surface area contributed by atoms with E-state index in [0.717, 1.165) is 23.7 Å². The van der Waals surface area contributed by atoms with E-state index in [1.807, 2.05) is 42.1 Å². The highest BCUT2D eigenvalue weighted by molar-refractivity contribution is 5.91. The zero-order chi connectivity index (χ0) is 20.4. The molecule has 4 heterocycles. The summed E-state index contributed by atoms with van der Waals surface area (Å²) < 4.78 is 14.4. The summed E-state index contributed by atoms with van der Waals surface area (Å²) in [6.07, 6.45) is 3.63. The number of fused-ring (bicyclic) bond motifs is 3. The molecule has 1 aromatic carbocycles. The van der Waals surface area contributed by atoms with Crippen molar-refractivity contribution in [1.82, 2.24) is 4.57 Å². The van der Waals surface area contributed by atoms with Crippen molar-refractivity contribution in [1.29, 1.82) is 21.2 Å². The topological polar surface area (TPSA) is 119 Å². The van der Waals surface area contributed by atoms with Crippen LogP contribution in [0.1, 0.15) is 37.4 Å². The summed E-state index contributed by atoms with van der Waals surface area (Å²) in [4.78, 5) is 0. The van der Waals surface area contributed by atoms with Crippen LogP contribution in [0, 0.1) is 56.2 Å². The Balaban J connectivity index is 1.84. The van der Waals surface area contributed by atoms with Crippen LogP contribution in [-0.4, -0.2) is 16.3 Å². The van der Waals surface area contributed by atoms with Gasteiger partial charge in [0.2, 0.25) is 11.7 Å². The summed E-state index contributed by atoms with van der Waals surface area (Å²) in [5.74, 6) is -2.12. The van der Waals surface area contributed by atoms with Gasteiger partial charge in [0.25, 0.3) is 0 Å². The predicted octanol–water partition coefficient (Wildman–Crippen LogP) is 3.69. The third kappa shape index (κ3) is 1.81. The van der Waals surface area contributed by atoms with Crippen LogP contribution < -0.4 is 0 Å². The minimum Gasteiger partial charge on any atom is -0.447 e. The molecule has 144 valence electrons. The van der Waals surface area contributed by atoms with Gasteiger partial charge in [0.1, 0.15) is 6.10 Å². The van der Waals surface area contributed by atoms with Crippen molar-refractivity contribution < 1.29 is 9.47 Å². The maximum Gasteiger partial charge on any atom is 0.218 e. The second kappa shape index (κ2) is 5.60. The molecular formula is C22H19N5O2. The summed E-state index contributed by atoms with van der Waals surface area (Å²) in [7, 11) is 1.90. The Bertz CT molecular complexity index is 1160. The first-order valence-corrected chi connectivity index (χ1v) is 9.73. The highest BCUT2D eigenvalue weighted by Crippen LogP contribution is 2.69. The van der Waals surface area contributed by atoms with Gasteiger partial charge in [0.05, 0.1) is 24.1 Å². The number of ether oxygens (including phenoxy) is 2. The molecule has 1 aromatic heterocycles. The smallest absolute Gasteiger partial charge is 0.218 e. The van der Waals surface area contributed by atoms with E-state index in [0.29, 0.717) is 18.4 Å². The van der Waals surface area contributed by atoms with Gasteiger partial charge in [-0.15, -0.1) is 0 Å². The minimum atomic E-state index is -1.83. The molecule has 0 radical (unpaired) electrons. The van der Waals surface area contributed by atoms with Gasteiger partial charge in [-0.1, -0.05) is 24.6 Å². The first-order chi connectivity index (χ1) is 14.0. The first kappa shape index (κ1) is 17.7. The van der Waals surface area contributed by atoms with Gasteiger partial charge in [-0.25, -0.2) is 0 Å². The van der Waals surface area contributed by atoms with E-state index in [1.165, 1.54) is 0 Å². The van der Waals surface area contributed by atoms with E-state index >= 15 is 0 Å². The Morgan fingerprint density at radius 3 is 2.62 bits per heavy atom. The molecule has 1 N–H and O–H groups in total. The Morgan fingerprint density at radius 1 is 1.14 bits per heavy atom. The van der Waals surface area contributed by atoms with Crippen LogP contribution in [0.15, 0.2) is 30.5 Å². The minimum absolute atomic E-state index is 0.328. The maximum absolute atomic E-state index is 10.4. The molecule has 0 unspecified atom stereocenters. The Kier molecular flexibility index (Phi) is 3.42. The summed E-state index contributed by atoms with van der Waals surface area (Å²) >= 11 is 0. The molecule has 3 saturated heterocycles. The SMILES string of the molecule is Cn1cc([C@H]2O[C@]34CCCC[C@@H]3C(C#N)(C#N)[C@@]2(C#N)C(=N)O4)c2ccccc21. The molecule has 1 saturated carbocycles. The molecule has 7 nitrogen and oxygen atoms in total. The summed E-state index contributed by atoms with van der Waals surface area (Å²) in [6.45, 7) is 0. The van der Waals surface area contributed by atoms with Gasteiger partial charge in [-0.2, -0.15) is 15.8 Å². The number of aryl methyl sites for hydroxylation is 1. The second-order valence-electron chi connectivity index (χ2n) is 8.20. The Labute approximate surface area is 168 Å². The number of hydrogen-bond acceptors (Lipinski definition) is 6. The molecular weight excluding hydrogens is 366 g/mol. The Hall–Kier alpha value is -3.34. The Morgan fingerprint density at radius 2 is 1.90 bits per heavy atom. The van der Waals surface area contributed by atoms with Crippen molar-refractivity contribution in [3.05, 3.63) is 36.0 Å². The van der Waals surface area contributed by atoms with Gasteiger partial charge < -0.3 is 14.0 Å². The van der Waals surface area contributed by atoms with Crippen LogP contribution in [-0.2, 0) is 16.5 Å². The van der Waals surface area contributed by atoms with Crippen LogP contribution >= 0.6 is 0 Å². The zero-order valence-electron chi connectivity index (χ0n) is 16.0. The molecule has 2 bridgehead atoms. The van der Waals surface area contributed by atoms with Crippen LogP contribution in [0.5, 0.6) is 0 Å². The lowest BCUT2D eigenvalue weighted by molar-refractivity contribution is -0.360. The molecule has 2 aromatic rings. The fourth-order valence-corrected chi connectivity index (χ4v) is 5.70. The fourth-order valence-electron chi connectivity index (χ4n) is 5.70. The number of nitriles is 3.